The number of ether oxygens (including phenoxy) is 1. The molecule has 0 bridgehead atoms. The Morgan fingerprint density at radius 1 is 1.21 bits per heavy atom. The van der Waals surface area contributed by atoms with Gasteiger partial charge in [-0.05, 0) is 24.3 Å². The fourth-order valence-corrected chi connectivity index (χ4v) is 2.20. The Morgan fingerprint density at radius 3 is 2.58 bits per heavy atom. The molecule has 0 N–H and O–H groups in total. The summed E-state index contributed by atoms with van der Waals surface area (Å²) in [6.07, 6.45) is 1.25. The van der Waals surface area contributed by atoms with Crippen LogP contribution in [0.3, 0.4) is 0 Å². The first kappa shape index (κ1) is 13.7. The van der Waals surface area contributed by atoms with Crippen molar-refractivity contribution < 1.29 is 21.9 Å². The van der Waals surface area contributed by atoms with Gasteiger partial charge in [-0.3, -0.25) is 0 Å². The number of hydrogen-bond donors (Lipinski definition) is 0. The number of benzene rings is 1. The number of halogens is 3. The van der Waals surface area contributed by atoms with Crippen LogP contribution in [0.1, 0.15) is 0 Å². The van der Waals surface area contributed by atoms with Gasteiger partial charge in [-0.25, -0.2) is 22.2 Å². The van der Waals surface area contributed by atoms with Crippen molar-refractivity contribution in [3.05, 3.63) is 48.2 Å². The zero-order valence-electron chi connectivity index (χ0n) is 9.18. The second-order valence-corrected chi connectivity index (χ2v) is 5.96. The maximum absolute atomic E-state index is 13.4. The molecule has 0 atom stereocenters. The maximum Gasteiger partial charge on any atom is 0.266 e. The molecule has 0 aliphatic rings. The Bertz CT molecular complexity index is 722. The third kappa shape index (κ3) is 3.18. The van der Waals surface area contributed by atoms with Crippen LogP contribution in [0.2, 0.25) is 0 Å². The van der Waals surface area contributed by atoms with Crippen LogP contribution in [0.25, 0.3) is 0 Å². The molecule has 0 saturated heterocycles. The summed E-state index contributed by atoms with van der Waals surface area (Å²) in [5.41, 5.74) is 0. The summed E-state index contributed by atoms with van der Waals surface area (Å²) in [7, 11) is 1.11. The van der Waals surface area contributed by atoms with Gasteiger partial charge in [-0.1, -0.05) is 0 Å². The van der Waals surface area contributed by atoms with Crippen LogP contribution in [0.15, 0.2) is 41.4 Å². The second-order valence-electron chi connectivity index (χ2n) is 3.42. The average Bonchev–Trinajstić information content (AvgIpc) is 2.32. The Hall–Kier alpha value is -1.73. The van der Waals surface area contributed by atoms with Crippen molar-refractivity contribution in [3.63, 3.8) is 0 Å². The molecule has 0 saturated carbocycles. The molecular weight excluding hydrogens is 300 g/mol. The highest BCUT2D eigenvalue weighted by molar-refractivity contribution is 8.13. The molecule has 2 aromatic rings. The number of rotatable bonds is 3. The molecule has 8 heteroatoms. The Labute approximate surface area is 112 Å². The van der Waals surface area contributed by atoms with Crippen LogP contribution < -0.4 is 4.74 Å². The van der Waals surface area contributed by atoms with E-state index in [9.17, 15) is 17.2 Å². The van der Waals surface area contributed by atoms with E-state index in [1.165, 1.54) is 12.3 Å². The van der Waals surface area contributed by atoms with E-state index < -0.39 is 25.6 Å². The standard InChI is InChI=1S/C11H6ClF2NO3S/c12-19(16,17)10-2-1-5-15-11(10)18-9-4-3-7(13)6-8(9)14/h1-6H. The van der Waals surface area contributed by atoms with E-state index in [2.05, 4.69) is 4.98 Å². The van der Waals surface area contributed by atoms with Gasteiger partial charge in [0.25, 0.3) is 9.05 Å². The second kappa shape index (κ2) is 5.10. The highest BCUT2D eigenvalue weighted by Gasteiger charge is 2.19. The van der Waals surface area contributed by atoms with Crippen molar-refractivity contribution in [1.82, 2.24) is 4.98 Å². The fourth-order valence-electron chi connectivity index (χ4n) is 1.30. The van der Waals surface area contributed by atoms with Crippen LogP contribution in [0.5, 0.6) is 11.6 Å². The minimum absolute atomic E-state index is 0.360. The molecule has 2 rings (SSSR count). The molecule has 100 valence electrons. The number of hydrogen-bond acceptors (Lipinski definition) is 4. The first-order chi connectivity index (χ1) is 8.88. The normalized spacial score (nSPS) is 11.3. The van der Waals surface area contributed by atoms with Crippen molar-refractivity contribution in [2.24, 2.45) is 0 Å². The molecule has 0 aliphatic carbocycles. The largest absolute Gasteiger partial charge is 0.435 e. The fraction of sp³-hybridized carbons (Fsp3) is 0. The lowest BCUT2D eigenvalue weighted by atomic mass is 10.3. The molecule has 0 radical (unpaired) electrons. The molecular formula is C11H6ClF2NO3S. The molecule has 1 heterocycles. The maximum atomic E-state index is 13.4. The predicted molar refractivity (Wildman–Crippen MR) is 63.7 cm³/mol. The van der Waals surface area contributed by atoms with E-state index in [1.54, 1.807) is 0 Å². The van der Waals surface area contributed by atoms with E-state index in [4.69, 9.17) is 15.4 Å². The van der Waals surface area contributed by atoms with Crippen molar-refractivity contribution in [2.45, 2.75) is 4.90 Å². The zero-order valence-corrected chi connectivity index (χ0v) is 10.8. The lowest BCUT2D eigenvalue weighted by Gasteiger charge is -2.08. The molecule has 0 aliphatic heterocycles. The summed E-state index contributed by atoms with van der Waals surface area (Å²) in [5.74, 6) is -2.51. The SMILES string of the molecule is O=S(=O)(Cl)c1cccnc1Oc1ccc(F)cc1F. The van der Waals surface area contributed by atoms with Crippen LogP contribution in [-0.4, -0.2) is 13.4 Å². The molecule has 0 spiro atoms. The van der Waals surface area contributed by atoms with Gasteiger partial charge in [0.2, 0.25) is 5.88 Å². The summed E-state index contributed by atoms with van der Waals surface area (Å²) in [6.45, 7) is 0. The molecule has 19 heavy (non-hydrogen) atoms. The van der Waals surface area contributed by atoms with Gasteiger partial charge in [0.05, 0.1) is 0 Å². The number of pyridine rings is 1. The summed E-state index contributed by atoms with van der Waals surface area (Å²) in [6, 6.07) is 5.09. The minimum atomic E-state index is -4.09. The van der Waals surface area contributed by atoms with Gasteiger partial charge in [-0.15, -0.1) is 0 Å². The Morgan fingerprint density at radius 2 is 1.95 bits per heavy atom. The van der Waals surface area contributed by atoms with E-state index in [-0.39, 0.29) is 11.6 Å². The van der Waals surface area contributed by atoms with Gasteiger partial charge in [0.15, 0.2) is 11.6 Å². The van der Waals surface area contributed by atoms with E-state index in [0.717, 1.165) is 18.2 Å². The number of aromatic nitrogens is 1. The number of nitrogens with zero attached hydrogens (tertiary/aromatic N) is 1. The summed E-state index contributed by atoms with van der Waals surface area (Å²) in [5, 5.41) is 0. The van der Waals surface area contributed by atoms with E-state index in [1.807, 2.05) is 0 Å². The van der Waals surface area contributed by atoms with Crippen molar-refractivity contribution in [3.8, 4) is 11.6 Å². The first-order valence-electron chi connectivity index (χ1n) is 4.90. The zero-order chi connectivity index (χ0) is 14.0. The van der Waals surface area contributed by atoms with Gasteiger partial charge >= 0.3 is 0 Å². The highest BCUT2D eigenvalue weighted by atomic mass is 35.7. The monoisotopic (exact) mass is 305 g/mol. The molecule has 4 nitrogen and oxygen atoms in total. The van der Waals surface area contributed by atoms with Crippen molar-refractivity contribution >= 4 is 19.7 Å². The summed E-state index contributed by atoms with van der Waals surface area (Å²) >= 11 is 0. The quantitative estimate of drug-likeness (QED) is 0.818. The molecule has 0 amide bonds. The van der Waals surface area contributed by atoms with E-state index >= 15 is 0 Å². The van der Waals surface area contributed by atoms with Gasteiger partial charge in [-0.2, -0.15) is 0 Å². The minimum Gasteiger partial charge on any atom is -0.435 e. The van der Waals surface area contributed by atoms with Gasteiger partial charge in [0, 0.05) is 22.9 Å². The third-order valence-electron chi connectivity index (χ3n) is 2.10. The highest BCUT2D eigenvalue weighted by Crippen LogP contribution is 2.30. The lowest BCUT2D eigenvalue weighted by molar-refractivity contribution is 0.413. The van der Waals surface area contributed by atoms with Gasteiger partial charge < -0.3 is 4.74 Å². The third-order valence-corrected chi connectivity index (χ3v) is 3.43. The van der Waals surface area contributed by atoms with Crippen LogP contribution in [0.4, 0.5) is 8.78 Å². The Kier molecular flexibility index (Phi) is 3.68. The molecule has 0 unspecified atom stereocenters. The first-order valence-corrected chi connectivity index (χ1v) is 7.21. The molecule has 1 aromatic heterocycles. The van der Waals surface area contributed by atoms with Crippen LogP contribution in [0, 0.1) is 11.6 Å². The average molecular weight is 306 g/mol. The van der Waals surface area contributed by atoms with Crippen LogP contribution >= 0.6 is 10.7 Å². The van der Waals surface area contributed by atoms with Crippen molar-refractivity contribution in [2.75, 3.05) is 0 Å². The summed E-state index contributed by atoms with van der Waals surface area (Å²) in [4.78, 5) is 3.26. The van der Waals surface area contributed by atoms with Gasteiger partial charge in [0.1, 0.15) is 10.7 Å². The Balaban J connectivity index is 2.44. The smallest absolute Gasteiger partial charge is 0.266 e. The van der Waals surface area contributed by atoms with E-state index in [0.29, 0.717) is 6.07 Å². The van der Waals surface area contributed by atoms with Crippen molar-refractivity contribution in [1.29, 1.82) is 0 Å². The topological polar surface area (TPSA) is 56.3 Å². The summed E-state index contributed by atoms with van der Waals surface area (Å²) < 4.78 is 53.7. The predicted octanol–water partition coefficient (Wildman–Crippen LogP) is 3.08. The molecule has 1 aromatic carbocycles. The molecule has 0 fully saturated rings. The van der Waals surface area contributed by atoms with Crippen LogP contribution in [-0.2, 0) is 9.05 Å². The lowest BCUT2D eigenvalue weighted by Crippen LogP contribution is -1.99.